The van der Waals surface area contributed by atoms with Gasteiger partial charge in [-0.05, 0) is 54.9 Å². The van der Waals surface area contributed by atoms with Crippen LogP contribution in [-0.2, 0) is 0 Å². The van der Waals surface area contributed by atoms with Crippen molar-refractivity contribution in [2.45, 2.75) is 20.8 Å². The molecule has 0 saturated heterocycles. The molecule has 0 saturated carbocycles. The lowest BCUT2D eigenvalue weighted by Gasteiger charge is -2.08. The van der Waals surface area contributed by atoms with Crippen molar-refractivity contribution in [1.82, 2.24) is 9.78 Å². The van der Waals surface area contributed by atoms with E-state index in [4.69, 9.17) is 5.73 Å². The zero-order valence-electron chi connectivity index (χ0n) is 10.5. The van der Waals surface area contributed by atoms with Gasteiger partial charge in [0, 0.05) is 11.3 Å². The normalized spacial score (nSPS) is 10.7. The fourth-order valence-corrected chi connectivity index (χ4v) is 2.10. The number of halogens is 1. The van der Waals surface area contributed by atoms with Crippen LogP contribution < -0.4 is 5.73 Å². The van der Waals surface area contributed by atoms with Gasteiger partial charge in [-0.3, -0.25) is 4.79 Å². The molecule has 1 aromatic carbocycles. The van der Waals surface area contributed by atoms with E-state index in [0.717, 1.165) is 21.5 Å². The molecule has 18 heavy (non-hydrogen) atoms. The highest BCUT2D eigenvalue weighted by atomic mass is 79.9. The molecule has 0 atom stereocenters. The van der Waals surface area contributed by atoms with Gasteiger partial charge in [0.05, 0.1) is 21.5 Å². The molecular weight excluding hydrogens is 294 g/mol. The highest BCUT2D eigenvalue weighted by Crippen LogP contribution is 2.24. The molecule has 0 fully saturated rings. The Morgan fingerprint density at radius 2 is 2.06 bits per heavy atom. The first-order valence-electron chi connectivity index (χ1n) is 5.54. The third kappa shape index (κ3) is 2.06. The van der Waals surface area contributed by atoms with Gasteiger partial charge in [0.1, 0.15) is 0 Å². The van der Waals surface area contributed by atoms with Gasteiger partial charge < -0.3 is 5.73 Å². The van der Waals surface area contributed by atoms with Gasteiger partial charge in [0.25, 0.3) is 0 Å². The summed E-state index contributed by atoms with van der Waals surface area (Å²) in [6.07, 6.45) is 0. The van der Waals surface area contributed by atoms with Gasteiger partial charge in [-0.15, -0.1) is 0 Å². The average molecular weight is 308 g/mol. The predicted octanol–water partition coefficient (Wildman–Crippen LogP) is 3.04. The Kier molecular flexibility index (Phi) is 3.26. The fraction of sp³-hybridized carbons (Fsp3) is 0.231. The smallest absolute Gasteiger partial charge is 0.161 e. The molecule has 0 amide bonds. The Morgan fingerprint density at radius 3 is 2.56 bits per heavy atom. The average Bonchev–Trinajstić information content (AvgIpc) is 2.57. The van der Waals surface area contributed by atoms with Crippen LogP contribution in [0.4, 0.5) is 5.69 Å². The van der Waals surface area contributed by atoms with Crippen molar-refractivity contribution in [1.29, 1.82) is 0 Å². The minimum atomic E-state index is -0.0463. The second-order valence-corrected chi connectivity index (χ2v) is 5.02. The minimum absolute atomic E-state index is 0.0463. The number of ketones is 1. The molecule has 5 heteroatoms. The molecule has 4 nitrogen and oxygen atoms in total. The summed E-state index contributed by atoms with van der Waals surface area (Å²) in [5, 5.41) is 4.43. The number of anilines is 1. The van der Waals surface area contributed by atoms with Gasteiger partial charge in [-0.2, -0.15) is 5.10 Å². The van der Waals surface area contributed by atoms with Crippen molar-refractivity contribution in [3.63, 3.8) is 0 Å². The molecule has 0 bridgehead atoms. The summed E-state index contributed by atoms with van der Waals surface area (Å²) in [5.41, 5.74) is 9.54. The lowest BCUT2D eigenvalue weighted by atomic mass is 10.1. The maximum atomic E-state index is 11.5. The monoisotopic (exact) mass is 307 g/mol. The summed E-state index contributed by atoms with van der Waals surface area (Å²) in [5.74, 6) is -0.0463. The number of carbonyl (C=O) groups excluding carboxylic acids is 1. The number of Topliss-reactive ketones (excluding diaryl/α,β-unsaturated/α-hetero) is 1. The number of nitrogens with zero attached hydrogens (tertiary/aromatic N) is 2. The third-order valence-corrected chi connectivity index (χ3v) is 4.01. The maximum Gasteiger partial charge on any atom is 0.161 e. The molecule has 0 aliphatic carbocycles. The van der Waals surface area contributed by atoms with Crippen LogP contribution in [0.3, 0.4) is 0 Å². The zero-order chi connectivity index (χ0) is 13.4. The lowest BCUT2D eigenvalue weighted by molar-refractivity contribution is 0.101. The number of aryl methyl sites for hydroxylation is 1. The number of hydrogen-bond acceptors (Lipinski definition) is 3. The standard InChI is InChI=1S/C13H14BrN3O/c1-7-13(14)8(2)17(16-7)10-4-5-12(15)11(6-10)9(3)18/h4-6H,15H2,1-3H3. The van der Waals surface area contributed by atoms with Crippen LogP contribution in [0.25, 0.3) is 5.69 Å². The largest absolute Gasteiger partial charge is 0.398 e. The first kappa shape index (κ1) is 12.8. The maximum absolute atomic E-state index is 11.5. The van der Waals surface area contributed by atoms with E-state index in [0.29, 0.717) is 11.3 Å². The quantitative estimate of drug-likeness (QED) is 0.685. The number of carbonyl (C=O) groups is 1. The van der Waals surface area contributed by atoms with E-state index in [9.17, 15) is 4.79 Å². The molecule has 1 heterocycles. The van der Waals surface area contributed by atoms with E-state index < -0.39 is 0 Å². The van der Waals surface area contributed by atoms with Gasteiger partial charge >= 0.3 is 0 Å². The first-order chi connectivity index (χ1) is 8.41. The molecule has 0 aliphatic heterocycles. The second kappa shape index (κ2) is 4.57. The van der Waals surface area contributed by atoms with Crippen LogP contribution in [0.15, 0.2) is 22.7 Å². The van der Waals surface area contributed by atoms with Crippen molar-refractivity contribution >= 4 is 27.4 Å². The van der Waals surface area contributed by atoms with E-state index in [-0.39, 0.29) is 5.78 Å². The molecular formula is C13H14BrN3O. The summed E-state index contributed by atoms with van der Waals surface area (Å²) in [7, 11) is 0. The molecule has 2 N–H and O–H groups in total. The van der Waals surface area contributed by atoms with Gasteiger partial charge in [-0.25, -0.2) is 4.68 Å². The molecule has 94 valence electrons. The number of nitrogens with two attached hydrogens (primary N) is 1. The van der Waals surface area contributed by atoms with E-state index >= 15 is 0 Å². The number of aromatic nitrogens is 2. The molecule has 0 radical (unpaired) electrons. The lowest BCUT2D eigenvalue weighted by Crippen LogP contribution is -2.04. The fourth-order valence-electron chi connectivity index (χ4n) is 1.86. The molecule has 2 rings (SSSR count). The number of hydrogen-bond donors (Lipinski definition) is 1. The Hall–Kier alpha value is -1.62. The Labute approximate surface area is 114 Å². The third-order valence-electron chi connectivity index (χ3n) is 2.86. The van der Waals surface area contributed by atoms with Crippen LogP contribution >= 0.6 is 15.9 Å². The Bertz CT molecular complexity index is 631. The van der Waals surface area contributed by atoms with Crippen LogP contribution in [0.2, 0.25) is 0 Å². The summed E-state index contributed by atoms with van der Waals surface area (Å²) in [6.45, 7) is 5.40. The summed E-state index contributed by atoms with van der Waals surface area (Å²) >= 11 is 3.48. The highest BCUT2D eigenvalue weighted by Gasteiger charge is 2.12. The van der Waals surface area contributed by atoms with E-state index in [2.05, 4.69) is 21.0 Å². The molecule has 2 aromatic rings. The van der Waals surface area contributed by atoms with Crippen LogP contribution in [0, 0.1) is 13.8 Å². The van der Waals surface area contributed by atoms with Gasteiger partial charge in [-0.1, -0.05) is 0 Å². The summed E-state index contributed by atoms with van der Waals surface area (Å²) < 4.78 is 2.77. The highest BCUT2D eigenvalue weighted by molar-refractivity contribution is 9.10. The van der Waals surface area contributed by atoms with Crippen LogP contribution in [0.1, 0.15) is 28.7 Å². The number of nitrogen functional groups attached to an aromatic ring is 1. The van der Waals surface area contributed by atoms with Gasteiger partial charge in [0.15, 0.2) is 5.78 Å². The van der Waals surface area contributed by atoms with E-state index in [1.807, 2.05) is 19.9 Å². The Morgan fingerprint density at radius 1 is 1.39 bits per heavy atom. The van der Waals surface area contributed by atoms with E-state index in [1.54, 1.807) is 16.8 Å². The van der Waals surface area contributed by atoms with Crippen molar-refractivity contribution < 1.29 is 4.79 Å². The topological polar surface area (TPSA) is 60.9 Å². The summed E-state index contributed by atoms with van der Waals surface area (Å²) in [4.78, 5) is 11.5. The van der Waals surface area contributed by atoms with Crippen molar-refractivity contribution in [2.75, 3.05) is 5.73 Å². The number of rotatable bonds is 2. The number of benzene rings is 1. The second-order valence-electron chi connectivity index (χ2n) is 4.22. The van der Waals surface area contributed by atoms with Gasteiger partial charge in [0.2, 0.25) is 0 Å². The van der Waals surface area contributed by atoms with Crippen LogP contribution in [-0.4, -0.2) is 15.6 Å². The zero-order valence-corrected chi connectivity index (χ0v) is 12.1. The van der Waals surface area contributed by atoms with E-state index in [1.165, 1.54) is 6.92 Å². The molecule has 0 unspecified atom stereocenters. The Balaban J connectivity index is 2.61. The molecule has 0 aliphatic rings. The van der Waals surface area contributed by atoms with Crippen molar-refractivity contribution in [3.8, 4) is 5.69 Å². The molecule has 1 aromatic heterocycles. The molecule has 0 spiro atoms. The summed E-state index contributed by atoms with van der Waals surface area (Å²) in [6, 6.07) is 5.35. The van der Waals surface area contributed by atoms with Crippen molar-refractivity contribution in [2.24, 2.45) is 0 Å². The minimum Gasteiger partial charge on any atom is -0.398 e. The SMILES string of the molecule is CC(=O)c1cc(-n2nc(C)c(Br)c2C)ccc1N. The van der Waals surface area contributed by atoms with Crippen molar-refractivity contribution in [3.05, 3.63) is 39.6 Å². The predicted molar refractivity (Wildman–Crippen MR) is 75.2 cm³/mol. The van der Waals surface area contributed by atoms with Crippen LogP contribution in [0.5, 0.6) is 0 Å². The first-order valence-corrected chi connectivity index (χ1v) is 6.33.